The van der Waals surface area contributed by atoms with Crippen LogP contribution in [0.4, 0.5) is 0 Å². The number of rotatable bonds is 6. The number of piperidine rings is 1. The van der Waals surface area contributed by atoms with Gasteiger partial charge in [0.05, 0.1) is 5.69 Å². The highest BCUT2D eigenvalue weighted by Gasteiger charge is 2.26. The quantitative estimate of drug-likeness (QED) is 0.745. The highest BCUT2D eigenvalue weighted by molar-refractivity contribution is 5.77. The molecule has 148 valence electrons. The number of hydrogen-bond donors (Lipinski definition) is 0. The summed E-state index contributed by atoms with van der Waals surface area (Å²) in [5.74, 6) is 1.20. The van der Waals surface area contributed by atoms with Crippen molar-refractivity contribution in [2.75, 3.05) is 45.9 Å². The SMILES string of the molecule is O=C1COCCCN1CCN1CCC(Cn2nc(C3CC3)ccc2=O)CC1. The number of amides is 1. The van der Waals surface area contributed by atoms with Gasteiger partial charge in [-0.3, -0.25) is 9.59 Å². The molecule has 7 nitrogen and oxygen atoms in total. The predicted octanol–water partition coefficient (Wildman–Crippen LogP) is 1.08. The molecule has 2 aliphatic heterocycles. The Morgan fingerprint density at radius 3 is 2.63 bits per heavy atom. The summed E-state index contributed by atoms with van der Waals surface area (Å²) in [4.78, 5) is 28.5. The van der Waals surface area contributed by atoms with Gasteiger partial charge < -0.3 is 14.5 Å². The molecule has 1 aliphatic carbocycles. The van der Waals surface area contributed by atoms with Crippen molar-refractivity contribution in [3.63, 3.8) is 0 Å². The summed E-state index contributed by atoms with van der Waals surface area (Å²) >= 11 is 0. The fourth-order valence-electron chi connectivity index (χ4n) is 4.06. The van der Waals surface area contributed by atoms with Crippen LogP contribution in [0.5, 0.6) is 0 Å². The van der Waals surface area contributed by atoms with Crippen LogP contribution in [0.3, 0.4) is 0 Å². The first-order valence-corrected chi connectivity index (χ1v) is 10.3. The Labute approximate surface area is 160 Å². The van der Waals surface area contributed by atoms with Crippen LogP contribution < -0.4 is 5.56 Å². The average molecular weight is 374 g/mol. The molecule has 7 heteroatoms. The van der Waals surface area contributed by atoms with Gasteiger partial charge in [0.15, 0.2) is 0 Å². The second-order valence-corrected chi connectivity index (χ2v) is 8.12. The Bertz CT molecular complexity index is 707. The van der Waals surface area contributed by atoms with Gasteiger partial charge in [0, 0.05) is 44.8 Å². The van der Waals surface area contributed by atoms with E-state index in [-0.39, 0.29) is 18.1 Å². The zero-order chi connectivity index (χ0) is 18.6. The number of carbonyl (C=O) groups excluding carboxylic acids is 1. The highest BCUT2D eigenvalue weighted by Crippen LogP contribution is 2.38. The fraction of sp³-hybridized carbons (Fsp3) is 0.750. The van der Waals surface area contributed by atoms with Crippen molar-refractivity contribution in [1.82, 2.24) is 19.6 Å². The lowest BCUT2D eigenvalue weighted by Crippen LogP contribution is -2.43. The van der Waals surface area contributed by atoms with Gasteiger partial charge in [-0.25, -0.2) is 4.68 Å². The molecule has 0 radical (unpaired) electrons. The van der Waals surface area contributed by atoms with Crippen molar-refractivity contribution in [2.24, 2.45) is 5.92 Å². The molecule has 27 heavy (non-hydrogen) atoms. The van der Waals surface area contributed by atoms with Crippen LogP contribution in [0.1, 0.15) is 43.7 Å². The van der Waals surface area contributed by atoms with E-state index in [1.165, 1.54) is 12.8 Å². The molecule has 0 atom stereocenters. The molecule has 0 aromatic carbocycles. The number of likely N-dealkylation sites (tertiary alicyclic amines) is 1. The first-order chi connectivity index (χ1) is 13.2. The predicted molar refractivity (Wildman–Crippen MR) is 102 cm³/mol. The third-order valence-electron chi connectivity index (χ3n) is 6.00. The van der Waals surface area contributed by atoms with Crippen molar-refractivity contribution in [1.29, 1.82) is 0 Å². The van der Waals surface area contributed by atoms with E-state index in [2.05, 4.69) is 10.00 Å². The number of nitrogens with zero attached hydrogens (tertiary/aromatic N) is 4. The van der Waals surface area contributed by atoms with Gasteiger partial charge in [-0.2, -0.15) is 5.10 Å². The standard InChI is InChI=1S/C20H30N4O3/c25-19-5-4-18(17-2-3-17)21-24(19)14-16-6-9-22(10-7-16)11-12-23-8-1-13-27-15-20(23)26/h4-5,16-17H,1-3,6-15H2. The van der Waals surface area contributed by atoms with E-state index in [9.17, 15) is 9.59 Å². The Balaban J connectivity index is 1.24. The Morgan fingerprint density at radius 1 is 1.04 bits per heavy atom. The lowest BCUT2D eigenvalue weighted by molar-refractivity contribution is -0.134. The summed E-state index contributed by atoms with van der Waals surface area (Å²) < 4.78 is 6.98. The van der Waals surface area contributed by atoms with Gasteiger partial charge in [-0.1, -0.05) is 0 Å². The second-order valence-electron chi connectivity index (χ2n) is 8.12. The largest absolute Gasteiger partial charge is 0.372 e. The van der Waals surface area contributed by atoms with Crippen LogP contribution in [0.2, 0.25) is 0 Å². The van der Waals surface area contributed by atoms with Gasteiger partial charge in [0.2, 0.25) is 5.91 Å². The molecule has 0 bridgehead atoms. The highest BCUT2D eigenvalue weighted by atomic mass is 16.5. The Hall–Kier alpha value is -1.73. The van der Waals surface area contributed by atoms with Crippen molar-refractivity contribution >= 4 is 5.91 Å². The molecule has 0 unspecified atom stereocenters. The first kappa shape index (κ1) is 18.6. The van der Waals surface area contributed by atoms with E-state index in [0.29, 0.717) is 18.4 Å². The summed E-state index contributed by atoms with van der Waals surface area (Å²) in [6, 6.07) is 3.58. The van der Waals surface area contributed by atoms with Crippen LogP contribution in [-0.2, 0) is 16.1 Å². The zero-order valence-electron chi connectivity index (χ0n) is 16.0. The number of aromatic nitrogens is 2. The van der Waals surface area contributed by atoms with Gasteiger partial charge in [-0.05, 0) is 57.2 Å². The molecule has 2 saturated heterocycles. The zero-order valence-corrected chi connectivity index (χ0v) is 16.0. The average Bonchev–Trinajstić information content (AvgIpc) is 3.52. The molecule has 3 aliphatic rings. The summed E-state index contributed by atoms with van der Waals surface area (Å²) in [5, 5.41) is 4.60. The molecule has 3 fully saturated rings. The van der Waals surface area contributed by atoms with Gasteiger partial charge in [0.1, 0.15) is 6.61 Å². The maximum absolute atomic E-state index is 12.1. The summed E-state index contributed by atoms with van der Waals surface area (Å²) in [6.07, 6.45) is 5.50. The van der Waals surface area contributed by atoms with E-state index in [1.807, 2.05) is 11.0 Å². The Kier molecular flexibility index (Phi) is 5.88. The van der Waals surface area contributed by atoms with Crippen LogP contribution in [0, 0.1) is 5.92 Å². The van der Waals surface area contributed by atoms with Crippen LogP contribution in [-0.4, -0.2) is 71.4 Å². The minimum Gasteiger partial charge on any atom is -0.372 e. The molecule has 3 heterocycles. The van der Waals surface area contributed by atoms with E-state index in [1.54, 1.807) is 10.7 Å². The minimum atomic E-state index is 0.0173. The molecule has 0 N–H and O–H groups in total. The summed E-state index contributed by atoms with van der Waals surface area (Å²) in [7, 11) is 0. The smallest absolute Gasteiger partial charge is 0.266 e. The van der Waals surface area contributed by atoms with Crippen LogP contribution >= 0.6 is 0 Å². The molecule has 0 spiro atoms. The molecular weight excluding hydrogens is 344 g/mol. The Morgan fingerprint density at radius 2 is 1.85 bits per heavy atom. The monoisotopic (exact) mass is 374 g/mol. The van der Waals surface area contributed by atoms with Crippen molar-refractivity contribution in [3.05, 3.63) is 28.2 Å². The van der Waals surface area contributed by atoms with Gasteiger partial charge in [-0.15, -0.1) is 0 Å². The lowest BCUT2D eigenvalue weighted by atomic mass is 9.97. The van der Waals surface area contributed by atoms with E-state index >= 15 is 0 Å². The molecule has 1 aromatic rings. The van der Waals surface area contributed by atoms with Gasteiger partial charge >= 0.3 is 0 Å². The van der Waals surface area contributed by atoms with E-state index in [0.717, 1.165) is 64.2 Å². The summed E-state index contributed by atoms with van der Waals surface area (Å²) in [5.41, 5.74) is 1.10. The maximum atomic E-state index is 12.1. The third kappa shape index (κ3) is 4.96. The van der Waals surface area contributed by atoms with Crippen LogP contribution in [0.15, 0.2) is 16.9 Å². The van der Waals surface area contributed by atoms with Gasteiger partial charge in [0.25, 0.3) is 5.56 Å². The molecule has 1 aromatic heterocycles. The number of hydrogen-bond acceptors (Lipinski definition) is 5. The molecule has 4 rings (SSSR count). The normalized spacial score (nSPS) is 22.8. The maximum Gasteiger partial charge on any atom is 0.266 e. The molecule has 1 amide bonds. The number of ether oxygens (including phenoxy) is 1. The fourth-order valence-corrected chi connectivity index (χ4v) is 4.06. The second kappa shape index (κ2) is 8.52. The van der Waals surface area contributed by atoms with Crippen molar-refractivity contribution in [2.45, 2.75) is 44.6 Å². The van der Waals surface area contributed by atoms with E-state index in [4.69, 9.17) is 4.74 Å². The first-order valence-electron chi connectivity index (χ1n) is 10.3. The minimum absolute atomic E-state index is 0.0173. The van der Waals surface area contributed by atoms with Crippen molar-refractivity contribution in [3.8, 4) is 0 Å². The molecule has 1 saturated carbocycles. The molecular formula is C20H30N4O3. The third-order valence-corrected chi connectivity index (χ3v) is 6.00. The number of carbonyl (C=O) groups is 1. The summed E-state index contributed by atoms with van der Waals surface area (Å²) in [6.45, 7) is 6.22. The van der Waals surface area contributed by atoms with E-state index < -0.39 is 0 Å². The van der Waals surface area contributed by atoms with Crippen LogP contribution in [0.25, 0.3) is 0 Å². The lowest BCUT2D eigenvalue weighted by Gasteiger charge is -2.33. The topological polar surface area (TPSA) is 67.7 Å². The van der Waals surface area contributed by atoms with Crippen molar-refractivity contribution < 1.29 is 9.53 Å².